The van der Waals surface area contributed by atoms with Gasteiger partial charge in [0.05, 0.1) is 30.8 Å². The van der Waals surface area contributed by atoms with Crippen LogP contribution in [-0.4, -0.2) is 53.1 Å². The topological polar surface area (TPSA) is 128 Å². The highest BCUT2D eigenvalue weighted by atomic mass is 19.1. The highest BCUT2D eigenvalue weighted by molar-refractivity contribution is 5.91. The number of hydrogen-bond donors (Lipinski definition) is 3. The third-order valence-electron chi connectivity index (χ3n) is 9.11. The van der Waals surface area contributed by atoms with E-state index < -0.39 is 10.8 Å². The van der Waals surface area contributed by atoms with Crippen molar-refractivity contribution in [2.24, 2.45) is 10.7 Å². The molecule has 0 bridgehead atoms. The van der Waals surface area contributed by atoms with Crippen LogP contribution in [0.3, 0.4) is 0 Å². The van der Waals surface area contributed by atoms with Gasteiger partial charge in [0.2, 0.25) is 0 Å². The van der Waals surface area contributed by atoms with Crippen molar-refractivity contribution in [1.29, 1.82) is 0 Å². The number of ether oxygens (including phenoxy) is 2. The minimum Gasteiger partial charge on any atom is -0.493 e. The maximum absolute atomic E-state index is 13.5. The zero-order chi connectivity index (χ0) is 30.9. The number of benzene rings is 3. The van der Waals surface area contributed by atoms with Crippen LogP contribution >= 0.6 is 0 Å². The maximum Gasteiger partial charge on any atom is 0.196 e. The largest absolute Gasteiger partial charge is 0.493 e. The van der Waals surface area contributed by atoms with Crippen molar-refractivity contribution in [3.63, 3.8) is 0 Å². The SMILES string of the molecule is COc1cc2nc(C(C)(c3ccc[nH]3)C3(c4ccccc4)CCN(C(N)=Nc4ccc(F)cc4)CC3)nc(N)c2cc1OC. The van der Waals surface area contributed by atoms with Gasteiger partial charge in [0.1, 0.15) is 17.5 Å². The van der Waals surface area contributed by atoms with Crippen molar-refractivity contribution in [2.75, 3.05) is 33.0 Å². The van der Waals surface area contributed by atoms with E-state index in [1.807, 2.05) is 30.5 Å². The summed E-state index contributed by atoms with van der Waals surface area (Å²) in [6.45, 7) is 3.46. The molecule has 0 aliphatic carbocycles. The molecule has 0 saturated carbocycles. The molecule has 5 N–H and O–H groups in total. The number of aromatic amines is 1. The monoisotopic (exact) mass is 593 g/mol. The third-order valence-corrected chi connectivity index (χ3v) is 9.11. The standard InChI is InChI=1S/C34H36FN7O2/c1-33(29-10-7-17-38-29,31-40-26-21-28(44-3)27(43-2)20-25(26)30(36)41-31)34(22-8-5-4-6-9-22)15-18-42(19-16-34)32(37)39-24-13-11-23(35)12-14-24/h4-14,17,20-21,38H,15-16,18-19H2,1-3H3,(H2,37,39)(H2,36,40,41). The number of methoxy groups -OCH3 is 2. The van der Waals surface area contributed by atoms with Crippen molar-refractivity contribution >= 4 is 28.4 Å². The molecule has 2 aromatic heterocycles. The fourth-order valence-corrected chi connectivity index (χ4v) is 6.61. The van der Waals surface area contributed by atoms with Gasteiger partial charge < -0.3 is 30.8 Å². The second kappa shape index (κ2) is 11.5. The van der Waals surface area contributed by atoms with Crippen LogP contribution in [0.4, 0.5) is 15.9 Å². The lowest BCUT2D eigenvalue weighted by Crippen LogP contribution is -2.57. The van der Waals surface area contributed by atoms with Crippen molar-refractivity contribution in [3.05, 3.63) is 108 Å². The summed E-state index contributed by atoms with van der Waals surface area (Å²) in [7, 11) is 3.19. The van der Waals surface area contributed by atoms with E-state index in [0.717, 1.165) is 18.5 Å². The Morgan fingerprint density at radius 2 is 1.64 bits per heavy atom. The number of aromatic nitrogens is 3. The Morgan fingerprint density at radius 1 is 0.955 bits per heavy atom. The fourth-order valence-electron chi connectivity index (χ4n) is 6.61. The molecule has 10 heteroatoms. The minimum atomic E-state index is -0.734. The lowest BCUT2D eigenvalue weighted by Gasteiger charge is -2.52. The van der Waals surface area contributed by atoms with E-state index >= 15 is 0 Å². The van der Waals surface area contributed by atoms with Crippen LogP contribution in [0, 0.1) is 5.82 Å². The van der Waals surface area contributed by atoms with E-state index in [1.165, 1.54) is 17.7 Å². The normalized spacial score (nSPS) is 16.5. The average Bonchev–Trinajstić information content (AvgIpc) is 3.61. The number of aliphatic imine (C=N–C) groups is 1. The first-order valence-corrected chi connectivity index (χ1v) is 14.5. The van der Waals surface area contributed by atoms with Gasteiger partial charge in [0, 0.05) is 41.8 Å². The van der Waals surface area contributed by atoms with Crippen molar-refractivity contribution < 1.29 is 13.9 Å². The van der Waals surface area contributed by atoms with Crippen LogP contribution in [0.1, 0.15) is 36.8 Å². The molecular formula is C34H36FN7O2. The summed E-state index contributed by atoms with van der Waals surface area (Å²) in [5.41, 5.74) is 15.4. The second-order valence-electron chi connectivity index (χ2n) is 11.2. The Balaban J connectivity index is 1.49. The first kappa shape index (κ1) is 29.0. The summed E-state index contributed by atoms with van der Waals surface area (Å²) in [6.07, 6.45) is 3.37. The number of guanidine groups is 1. The third kappa shape index (κ3) is 4.86. The Bertz CT molecular complexity index is 1780. The first-order valence-electron chi connectivity index (χ1n) is 14.5. The van der Waals surface area contributed by atoms with E-state index in [4.69, 9.17) is 30.9 Å². The molecule has 1 aliphatic heterocycles. The van der Waals surface area contributed by atoms with Gasteiger partial charge in [-0.1, -0.05) is 30.3 Å². The van der Waals surface area contributed by atoms with Crippen LogP contribution in [0.5, 0.6) is 11.5 Å². The molecule has 1 saturated heterocycles. The molecule has 1 fully saturated rings. The molecule has 3 heterocycles. The van der Waals surface area contributed by atoms with Gasteiger partial charge in [0.15, 0.2) is 17.5 Å². The number of nitrogens with two attached hydrogens (primary N) is 2. The summed E-state index contributed by atoms with van der Waals surface area (Å²) < 4.78 is 24.6. The molecule has 0 spiro atoms. The number of nitrogens with zero attached hydrogens (tertiary/aromatic N) is 4. The van der Waals surface area contributed by atoms with E-state index in [0.29, 0.717) is 58.8 Å². The lowest BCUT2D eigenvalue weighted by atomic mass is 9.54. The molecule has 3 aromatic carbocycles. The van der Waals surface area contributed by atoms with Gasteiger partial charge >= 0.3 is 0 Å². The van der Waals surface area contributed by atoms with E-state index in [-0.39, 0.29) is 5.82 Å². The summed E-state index contributed by atoms with van der Waals surface area (Å²) in [6, 6.07) is 24.2. The van der Waals surface area contributed by atoms with Crippen LogP contribution in [-0.2, 0) is 10.8 Å². The summed E-state index contributed by atoms with van der Waals surface area (Å²) >= 11 is 0. The number of hydrogen-bond acceptors (Lipinski definition) is 6. The minimum absolute atomic E-state index is 0.314. The molecule has 9 nitrogen and oxygen atoms in total. The van der Waals surface area contributed by atoms with Gasteiger partial charge in [-0.2, -0.15) is 0 Å². The van der Waals surface area contributed by atoms with Gasteiger partial charge in [0.25, 0.3) is 0 Å². The molecule has 1 aliphatic rings. The van der Waals surface area contributed by atoms with Gasteiger partial charge in [-0.05, 0) is 67.8 Å². The molecule has 6 rings (SSSR count). The predicted molar refractivity (Wildman–Crippen MR) is 171 cm³/mol. The van der Waals surface area contributed by atoms with Crippen molar-refractivity contribution in [1.82, 2.24) is 19.9 Å². The Kier molecular flexibility index (Phi) is 7.59. The Morgan fingerprint density at radius 3 is 2.27 bits per heavy atom. The molecule has 5 aromatic rings. The van der Waals surface area contributed by atoms with Gasteiger partial charge in [-0.25, -0.2) is 19.4 Å². The number of anilines is 1. The number of H-pyrrole nitrogens is 1. The number of nitrogen functional groups attached to an aromatic ring is 1. The van der Waals surface area contributed by atoms with Crippen LogP contribution in [0.25, 0.3) is 10.9 Å². The smallest absolute Gasteiger partial charge is 0.196 e. The second-order valence-corrected chi connectivity index (χ2v) is 11.2. The summed E-state index contributed by atoms with van der Waals surface area (Å²) in [4.78, 5) is 20.3. The van der Waals surface area contributed by atoms with Crippen LogP contribution in [0.2, 0.25) is 0 Å². The molecule has 0 radical (unpaired) electrons. The van der Waals surface area contributed by atoms with Crippen molar-refractivity contribution in [3.8, 4) is 11.5 Å². The number of likely N-dealkylation sites (tertiary alicyclic amines) is 1. The zero-order valence-electron chi connectivity index (χ0n) is 25.0. The zero-order valence-corrected chi connectivity index (χ0v) is 25.0. The molecule has 1 atom stereocenters. The van der Waals surface area contributed by atoms with Crippen LogP contribution in [0.15, 0.2) is 90.1 Å². The first-order chi connectivity index (χ1) is 21.3. The fraction of sp³-hybridized carbons (Fsp3) is 0.265. The Hall–Kier alpha value is -5.12. The quantitative estimate of drug-likeness (QED) is 0.164. The molecule has 0 amide bonds. The Labute approximate surface area is 255 Å². The highest BCUT2D eigenvalue weighted by Crippen LogP contribution is 2.53. The van der Waals surface area contributed by atoms with E-state index in [9.17, 15) is 4.39 Å². The van der Waals surface area contributed by atoms with Crippen LogP contribution < -0.4 is 20.9 Å². The van der Waals surface area contributed by atoms with E-state index in [1.54, 1.807) is 26.4 Å². The number of rotatable bonds is 7. The molecular weight excluding hydrogens is 557 g/mol. The lowest BCUT2D eigenvalue weighted by molar-refractivity contribution is 0.148. The summed E-state index contributed by atoms with van der Waals surface area (Å²) in [5.74, 6) is 2.16. The number of nitrogens with one attached hydrogen (secondary N) is 1. The number of piperidine rings is 1. The van der Waals surface area contributed by atoms with E-state index in [2.05, 4.69) is 52.1 Å². The highest BCUT2D eigenvalue weighted by Gasteiger charge is 2.55. The molecule has 226 valence electrons. The van der Waals surface area contributed by atoms with Crippen molar-refractivity contribution in [2.45, 2.75) is 30.6 Å². The molecule has 44 heavy (non-hydrogen) atoms. The predicted octanol–water partition coefficient (Wildman–Crippen LogP) is 5.68. The number of halogens is 1. The number of fused-ring (bicyclic) bond motifs is 1. The molecule has 1 unspecified atom stereocenters. The van der Waals surface area contributed by atoms with Gasteiger partial charge in [-0.3, -0.25) is 0 Å². The summed E-state index contributed by atoms with van der Waals surface area (Å²) in [5, 5.41) is 0.689. The van der Waals surface area contributed by atoms with Gasteiger partial charge in [-0.15, -0.1) is 0 Å². The maximum atomic E-state index is 13.5. The average molecular weight is 594 g/mol.